The minimum absolute atomic E-state index is 0.00278. The summed E-state index contributed by atoms with van der Waals surface area (Å²) in [4.78, 5) is 9.73. The minimum Gasteiger partial charge on any atom is -0.478 e. The van der Waals surface area contributed by atoms with E-state index in [0.717, 1.165) is 6.08 Å². The van der Waals surface area contributed by atoms with Crippen LogP contribution in [0.15, 0.2) is 12.2 Å². The Bertz CT molecular complexity index is 111. The summed E-state index contributed by atoms with van der Waals surface area (Å²) in [5, 5.41) is 7.98. The fourth-order valence-electron chi connectivity index (χ4n) is 0.262. The number of hydrogen-bond donors (Lipinski definition) is 1. The molecule has 0 fully saturated rings. The number of alkyl halides is 1. The highest BCUT2D eigenvalue weighted by molar-refractivity contribution is 5.79. The van der Waals surface area contributed by atoms with Crippen LogP contribution < -0.4 is 0 Å². The number of rotatable bonds is 4. The molecular formula is C5H7FO3. The molecule has 0 amide bonds. The van der Waals surface area contributed by atoms with Crippen LogP contribution in [-0.4, -0.2) is 24.5 Å². The number of carboxylic acid groups (broad SMARTS) is 1. The van der Waals surface area contributed by atoms with Crippen LogP contribution in [0.3, 0.4) is 0 Å². The van der Waals surface area contributed by atoms with Gasteiger partial charge in [-0.15, -0.1) is 0 Å². The van der Waals surface area contributed by atoms with Gasteiger partial charge in [0.1, 0.15) is 0 Å². The van der Waals surface area contributed by atoms with Crippen LogP contribution in [0.5, 0.6) is 0 Å². The molecule has 3 nitrogen and oxygen atoms in total. The van der Waals surface area contributed by atoms with E-state index in [1.807, 2.05) is 0 Å². The van der Waals surface area contributed by atoms with Crippen LogP contribution in [-0.2, 0) is 9.53 Å². The molecule has 0 unspecified atom stereocenters. The van der Waals surface area contributed by atoms with Gasteiger partial charge in [-0.2, -0.15) is 0 Å². The topological polar surface area (TPSA) is 46.5 Å². The molecule has 0 aromatic carbocycles. The highest BCUT2D eigenvalue weighted by Crippen LogP contribution is 1.77. The highest BCUT2D eigenvalue weighted by Gasteiger charge is 1.83. The first-order valence-electron chi connectivity index (χ1n) is 2.30. The fraction of sp³-hybridized carbons (Fsp3) is 0.400. The largest absolute Gasteiger partial charge is 0.478 e. The number of carbonyl (C=O) groups is 1. The van der Waals surface area contributed by atoms with Gasteiger partial charge in [0.05, 0.1) is 6.61 Å². The Kier molecular flexibility index (Phi) is 4.72. The number of hydrogen-bond acceptors (Lipinski definition) is 2. The molecule has 0 spiro atoms. The van der Waals surface area contributed by atoms with Gasteiger partial charge in [0.15, 0.2) is 6.86 Å². The van der Waals surface area contributed by atoms with E-state index in [0.29, 0.717) is 0 Å². The summed E-state index contributed by atoms with van der Waals surface area (Å²) in [6, 6.07) is 0. The minimum atomic E-state index is -1.06. The summed E-state index contributed by atoms with van der Waals surface area (Å²) in [5.74, 6) is -1.06. The van der Waals surface area contributed by atoms with Crippen molar-refractivity contribution in [1.29, 1.82) is 0 Å². The van der Waals surface area contributed by atoms with Gasteiger partial charge in [-0.05, 0) is 0 Å². The lowest BCUT2D eigenvalue weighted by molar-refractivity contribution is -0.131. The van der Waals surface area contributed by atoms with Crippen LogP contribution in [0.1, 0.15) is 0 Å². The zero-order valence-corrected chi connectivity index (χ0v) is 4.71. The van der Waals surface area contributed by atoms with Crippen LogP contribution in [0.4, 0.5) is 4.39 Å². The van der Waals surface area contributed by atoms with Gasteiger partial charge in [-0.1, -0.05) is 6.08 Å². The third-order valence-corrected chi connectivity index (χ3v) is 0.552. The molecule has 4 heteroatoms. The van der Waals surface area contributed by atoms with E-state index in [1.165, 1.54) is 6.08 Å². The van der Waals surface area contributed by atoms with Crippen molar-refractivity contribution in [2.45, 2.75) is 0 Å². The molecule has 0 saturated heterocycles. The van der Waals surface area contributed by atoms with E-state index in [1.54, 1.807) is 0 Å². The van der Waals surface area contributed by atoms with Crippen molar-refractivity contribution in [2.75, 3.05) is 13.5 Å². The number of ether oxygens (including phenoxy) is 1. The second-order valence-electron chi connectivity index (χ2n) is 1.22. The summed E-state index contributed by atoms with van der Waals surface area (Å²) >= 11 is 0. The molecule has 0 bridgehead atoms. The van der Waals surface area contributed by atoms with Gasteiger partial charge in [0.2, 0.25) is 0 Å². The molecule has 0 aliphatic rings. The summed E-state index contributed by atoms with van der Waals surface area (Å²) < 4.78 is 15.3. The lowest BCUT2D eigenvalue weighted by Gasteiger charge is -1.87. The summed E-state index contributed by atoms with van der Waals surface area (Å²) in [7, 11) is 0. The van der Waals surface area contributed by atoms with Crippen LogP contribution in [0, 0.1) is 0 Å². The van der Waals surface area contributed by atoms with Crippen LogP contribution in [0.25, 0.3) is 0 Å². The van der Waals surface area contributed by atoms with E-state index in [9.17, 15) is 9.18 Å². The molecular weight excluding hydrogens is 127 g/mol. The molecule has 0 aromatic heterocycles. The third-order valence-electron chi connectivity index (χ3n) is 0.552. The predicted molar refractivity (Wildman–Crippen MR) is 28.7 cm³/mol. The molecule has 1 N–H and O–H groups in total. The average Bonchev–Trinajstić information content (AvgIpc) is 1.80. The number of halogens is 1. The lowest BCUT2D eigenvalue weighted by Crippen LogP contribution is -1.91. The molecule has 0 aliphatic heterocycles. The first kappa shape index (κ1) is 8.10. The molecule has 0 saturated carbocycles. The van der Waals surface area contributed by atoms with Crippen molar-refractivity contribution >= 4 is 5.97 Å². The molecule has 0 atom stereocenters. The first-order valence-corrected chi connectivity index (χ1v) is 2.30. The van der Waals surface area contributed by atoms with Crippen molar-refractivity contribution in [3.63, 3.8) is 0 Å². The van der Waals surface area contributed by atoms with Crippen molar-refractivity contribution in [3.05, 3.63) is 12.2 Å². The second kappa shape index (κ2) is 5.24. The van der Waals surface area contributed by atoms with Gasteiger partial charge in [-0.3, -0.25) is 0 Å². The maximum absolute atomic E-state index is 11.1. The van der Waals surface area contributed by atoms with Gasteiger partial charge < -0.3 is 9.84 Å². The monoisotopic (exact) mass is 134 g/mol. The van der Waals surface area contributed by atoms with Gasteiger partial charge >= 0.3 is 5.97 Å². The number of carboxylic acids is 1. The maximum Gasteiger partial charge on any atom is 0.328 e. The summed E-state index contributed by atoms with van der Waals surface area (Å²) in [6.07, 6.45) is 2.12. The molecule has 9 heavy (non-hydrogen) atoms. The van der Waals surface area contributed by atoms with Crippen LogP contribution >= 0.6 is 0 Å². The highest BCUT2D eigenvalue weighted by atomic mass is 19.1. The quantitative estimate of drug-likeness (QED) is 0.451. The Labute approximate surface area is 51.7 Å². The van der Waals surface area contributed by atoms with Gasteiger partial charge in [0, 0.05) is 6.08 Å². The second-order valence-corrected chi connectivity index (χ2v) is 1.22. The van der Waals surface area contributed by atoms with E-state index in [-0.39, 0.29) is 6.61 Å². The van der Waals surface area contributed by atoms with Crippen molar-refractivity contribution in [2.24, 2.45) is 0 Å². The van der Waals surface area contributed by atoms with Crippen molar-refractivity contribution < 1.29 is 19.0 Å². The Morgan fingerprint density at radius 3 is 2.89 bits per heavy atom. The molecule has 0 heterocycles. The van der Waals surface area contributed by atoms with Gasteiger partial charge in [0.25, 0.3) is 0 Å². The predicted octanol–water partition coefficient (Wildman–Crippen LogP) is 0.571. The standard InChI is InChI=1S/C5H7FO3/c6-4-9-3-1-2-5(7)8/h1-2H,3-4H2,(H,7,8). The zero-order chi connectivity index (χ0) is 7.11. The molecule has 0 rings (SSSR count). The van der Waals surface area contributed by atoms with Crippen LogP contribution in [0.2, 0.25) is 0 Å². The molecule has 0 radical (unpaired) electrons. The van der Waals surface area contributed by atoms with Crippen molar-refractivity contribution in [1.82, 2.24) is 0 Å². The first-order chi connectivity index (χ1) is 4.27. The number of aliphatic carboxylic acids is 1. The SMILES string of the molecule is O=C(O)C=CCOCF. The van der Waals surface area contributed by atoms with E-state index < -0.39 is 12.8 Å². The Morgan fingerprint density at radius 2 is 2.44 bits per heavy atom. The lowest BCUT2D eigenvalue weighted by atomic mass is 10.5. The van der Waals surface area contributed by atoms with Crippen molar-refractivity contribution in [3.8, 4) is 0 Å². The van der Waals surface area contributed by atoms with E-state index in [2.05, 4.69) is 4.74 Å². The Balaban J connectivity index is 3.15. The molecule has 0 aromatic rings. The third kappa shape index (κ3) is 7.10. The molecule has 0 aliphatic carbocycles. The molecule has 52 valence electrons. The summed E-state index contributed by atoms with van der Waals surface area (Å²) in [6.45, 7) is -0.882. The fourth-order valence-corrected chi connectivity index (χ4v) is 0.262. The average molecular weight is 134 g/mol. The Hall–Kier alpha value is -0.900. The zero-order valence-electron chi connectivity index (χ0n) is 4.71. The smallest absolute Gasteiger partial charge is 0.328 e. The van der Waals surface area contributed by atoms with Gasteiger partial charge in [-0.25, -0.2) is 9.18 Å². The normalized spacial score (nSPS) is 10.3. The van der Waals surface area contributed by atoms with E-state index >= 15 is 0 Å². The maximum atomic E-state index is 11.1. The Morgan fingerprint density at radius 1 is 1.78 bits per heavy atom. The van der Waals surface area contributed by atoms with E-state index in [4.69, 9.17) is 5.11 Å². The summed E-state index contributed by atoms with van der Waals surface area (Å²) in [5.41, 5.74) is 0.